The number of hydrogen-bond acceptors (Lipinski definition) is 4. The molecule has 0 atom stereocenters. The van der Waals surface area contributed by atoms with E-state index in [-0.39, 0.29) is 0 Å². The lowest BCUT2D eigenvalue weighted by molar-refractivity contribution is 0.0983. The number of hydrogen-bond donors (Lipinski definition) is 0. The maximum absolute atomic E-state index is 5.52. The van der Waals surface area contributed by atoms with E-state index in [2.05, 4.69) is 5.16 Å². The van der Waals surface area contributed by atoms with Gasteiger partial charge in [-0.1, -0.05) is 23.4 Å². The molecule has 2 aromatic rings. The van der Waals surface area contributed by atoms with Crippen LogP contribution >= 0.6 is 0 Å². The van der Waals surface area contributed by atoms with Crippen LogP contribution in [0.1, 0.15) is 17.9 Å². The second-order valence-electron chi connectivity index (χ2n) is 4.31. The molecule has 0 amide bonds. The molecular weight excluding hydrogens is 242 g/mol. The highest BCUT2D eigenvalue weighted by Crippen LogP contribution is 2.08. The molecule has 0 N–H and O–H groups in total. The van der Waals surface area contributed by atoms with Gasteiger partial charge in [-0.05, 0) is 31.9 Å². The van der Waals surface area contributed by atoms with E-state index in [0.29, 0.717) is 19.8 Å². The summed E-state index contributed by atoms with van der Waals surface area (Å²) in [6.45, 7) is 3.79. The van der Waals surface area contributed by atoms with E-state index in [1.807, 2.05) is 43.3 Å². The van der Waals surface area contributed by atoms with Crippen molar-refractivity contribution < 1.29 is 14.0 Å². The summed E-state index contributed by atoms with van der Waals surface area (Å²) in [5.41, 5.74) is 0.988. The number of aromatic nitrogens is 1. The summed E-state index contributed by atoms with van der Waals surface area (Å²) in [7, 11) is 0. The fourth-order valence-electron chi connectivity index (χ4n) is 1.73. The van der Waals surface area contributed by atoms with Crippen LogP contribution in [0.4, 0.5) is 0 Å². The number of rotatable bonds is 8. The van der Waals surface area contributed by atoms with Crippen molar-refractivity contribution in [2.45, 2.75) is 19.8 Å². The SMILES string of the molecule is Cc1cc(CCCOCCOc2ccccc2)no1. The van der Waals surface area contributed by atoms with Gasteiger partial charge in [0.1, 0.15) is 18.1 Å². The van der Waals surface area contributed by atoms with Gasteiger partial charge in [-0.3, -0.25) is 0 Å². The van der Waals surface area contributed by atoms with Gasteiger partial charge < -0.3 is 14.0 Å². The normalized spacial score (nSPS) is 10.6. The molecule has 4 nitrogen and oxygen atoms in total. The van der Waals surface area contributed by atoms with Crippen LogP contribution in [0.25, 0.3) is 0 Å². The Hall–Kier alpha value is -1.81. The van der Waals surface area contributed by atoms with E-state index in [1.54, 1.807) is 0 Å². The van der Waals surface area contributed by atoms with Gasteiger partial charge in [0.2, 0.25) is 0 Å². The highest BCUT2D eigenvalue weighted by molar-refractivity contribution is 5.20. The summed E-state index contributed by atoms with van der Waals surface area (Å²) >= 11 is 0. The lowest BCUT2D eigenvalue weighted by atomic mass is 10.2. The fraction of sp³-hybridized carbons (Fsp3) is 0.400. The third kappa shape index (κ3) is 5.14. The van der Waals surface area contributed by atoms with Gasteiger partial charge in [0.15, 0.2) is 0 Å². The van der Waals surface area contributed by atoms with Crippen molar-refractivity contribution in [2.24, 2.45) is 0 Å². The zero-order valence-electron chi connectivity index (χ0n) is 11.2. The average molecular weight is 261 g/mol. The summed E-state index contributed by atoms with van der Waals surface area (Å²) < 4.78 is 16.0. The highest BCUT2D eigenvalue weighted by Gasteiger charge is 1.99. The Bertz CT molecular complexity index is 467. The minimum Gasteiger partial charge on any atom is -0.491 e. The topological polar surface area (TPSA) is 44.5 Å². The Kier molecular flexibility index (Phi) is 5.44. The molecule has 102 valence electrons. The summed E-state index contributed by atoms with van der Waals surface area (Å²) in [5.74, 6) is 1.73. The Balaban J connectivity index is 1.48. The van der Waals surface area contributed by atoms with Crippen LogP contribution in [0.3, 0.4) is 0 Å². The number of aryl methyl sites for hydroxylation is 2. The van der Waals surface area contributed by atoms with Crippen LogP contribution in [0.5, 0.6) is 5.75 Å². The van der Waals surface area contributed by atoms with E-state index in [1.165, 1.54) is 0 Å². The molecule has 0 saturated carbocycles. The van der Waals surface area contributed by atoms with Crippen molar-refractivity contribution in [3.63, 3.8) is 0 Å². The predicted octanol–water partition coefficient (Wildman–Crippen LogP) is 3.01. The molecule has 0 aliphatic heterocycles. The van der Waals surface area contributed by atoms with E-state index in [0.717, 1.165) is 30.0 Å². The van der Waals surface area contributed by atoms with Crippen molar-refractivity contribution >= 4 is 0 Å². The van der Waals surface area contributed by atoms with Gasteiger partial charge in [-0.2, -0.15) is 0 Å². The molecule has 0 radical (unpaired) electrons. The fourth-order valence-corrected chi connectivity index (χ4v) is 1.73. The Morgan fingerprint density at radius 1 is 1.11 bits per heavy atom. The summed E-state index contributed by atoms with van der Waals surface area (Å²) in [6, 6.07) is 11.7. The van der Waals surface area contributed by atoms with Crippen LogP contribution in [0.2, 0.25) is 0 Å². The molecule has 0 spiro atoms. The van der Waals surface area contributed by atoms with Gasteiger partial charge in [-0.25, -0.2) is 0 Å². The first kappa shape index (κ1) is 13.6. The monoisotopic (exact) mass is 261 g/mol. The molecule has 1 heterocycles. The number of nitrogens with zero attached hydrogens (tertiary/aromatic N) is 1. The lowest BCUT2D eigenvalue weighted by Crippen LogP contribution is -2.07. The van der Waals surface area contributed by atoms with Crippen molar-refractivity contribution in [3.8, 4) is 5.75 Å². The molecule has 0 unspecified atom stereocenters. The second kappa shape index (κ2) is 7.59. The van der Waals surface area contributed by atoms with E-state index in [4.69, 9.17) is 14.0 Å². The van der Waals surface area contributed by atoms with Crippen LogP contribution in [0, 0.1) is 6.92 Å². The van der Waals surface area contributed by atoms with Crippen molar-refractivity contribution in [1.29, 1.82) is 0 Å². The number of ether oxygens (including phenoxy) is 2. The van der Waals surface area contributed by atoms with Crippen molar-refractivity contribution in [3.05, 3.63) is 47.9 Å². The first-order valence-corrected chi connectivity index (χ1v) is 6.52. The Morgan fingerprint density at radius 3 is 2.68 bits per heavy atom. The third-order valence-electron chi connectivity index (χ3n) is 2.64. The molecule has 0 saturated heterocycles. The molecule has 19 heavy (non-hydrogen) atoms. The highest BCUT2D eigenvalue weighted by atomic mass is 16.5. The molecule has 4 heteroatoms. The quantitative estimate of drug-likeness (QED) is 0.685. The average Bonchev–Trinajstić information content (AvgIpc) is 2.85. The van der Waals surface area contributed by atoms with E-state index in [9.17, 15) is 0 Å². The van der Waals surface area contributed by atoms with Gasteiger partial charge in [0.25, 0.3) is 0 Å². The molecule has 0 bridgehead atoms. The zero-order chi connectivity index (χ0) is 13.3. The van der Waals surface area contributed by atoms with E-state index < -0.39 is 0 Å². The van der Waals surface area contributed by atoms with Gasteiger partial charge >= 0.3 is 0 Å². The van der Waals surface area contributed by atoms with Gasteiger partial charge in [0.05, 0.1) is 12.3 Å². The Morgan fingerprint density at radius 2 is 1.95 bits per heavy atom. The lowest BCUT2D eigenvalue weighted by Gasteiger charge is -2.06. The van der Waals surface area contributed by atoms with Crippen LogP contribution in [-0.2, 0) is 11.2 Å². The summed E-state index contributed by atoms with van der Waals surface area (Å²) in [6.07, 6.45) is 1.83. The minimum atomic E-state index is 0.576. The third-order valence-corrected chi connectivity index (χ3v) is 2.64. The molecule has 1 aromatic heterocycles. The minimum absolute atomic E-state index is 0.576. The van der Waals surface area contributed by atoms with Crippen molar-refractivity contribution in [2.75, 3.05) is 19.8 Å². The first-order valence-electron chi connectivity index (χ1n) is 6.52. The zero-order valence-corrected chi connectivity index (χ0v) is 11.2. The van der Waals surface area contributed by atoms with Crippen LogP contribution < -0.4 is 4.74 Å². The van der Waals surface area contributed by atoms with Crippen LogP contribution in [-0.4, -0.2) is 25.0 Å². The summed E-state index contributed by atoms with van der Waals surface area (Å²) in [5, 5.41) is 3.93. The molecular formula is C15H19NO3. The number of para-hydroxylation sites is 1. The smallest absolute Gasteiger partial charge is 0.133 e. The summed E-state index contributed by atoms with van der Waals surface area (Å²) in [4.78, 5) is 0. The Labute approximate surface area is 113 Å². The molecule has 1 aromatic carbocycles. The number of benzene rings is 1. The standard InChI is InChI=1S/C15H19NO3/c1-13-12-14(16-19-13)6-5-9-17-10-11-18-15-7-3-2-4-8-15/h2-4,7-8,12H,5-6,9-11H2,1H3. The van der Waals surface area contributed by atoms with E-state index >= 15 is 0 Å². The van der Waals surface area contributed by atoms with Crippen molar-refractivity contribution in [1.82, 2.24) is 5.16 Å². The maximum atomic E-state index is 5.52. The molecule has 0 fully saturated rings. The van der Waals surface area contributed by atoms with Crippen LogP contribution in [0.15, 0.2) is 40.9 Å². The van der Waals surface area contributed by atoms with Gasteiger partial charge in [-0.15, -0.1) is 0 Å². The first-order chi connectivity index (χ1) is 9.34. The molecule has 2 rings (SSSR count). The van der Waals surface area contributed by atoms with Gasteiger partial charge in [0, 0.05) is 12.7 Å². The largest absolute Gasteiger partial charge is 0.491 e. The second-order valence-corrected chi connectivity index (χ2v) is 4.31. The maximum Gasteiger partial charge on any atom is 0.133 e. The molecule has 0 aliphatic carbocycles. The predicted molar refractivity (Wildman–Crippen MR) is 72.3 cm³/mol. The molecule has 0 aliphatic rings.